The highest BCUT2D eigenvalue weighted by atomic mass is 16.5. The summed E-state index contributed by atoms with van der Waals surface area (Å²) in [5.74, 6) is 0.866. The molecule has 2 N–H and O–H groups in total. The highest BCUT2D eigenvalue weighted by Crippen LogP contribution is 2.14. The lowest BCUT2D eigenvalue weighted by Crippen LogP contribution is -2.27. The molecule has 0 aliphatic heterocycles. The van der Waals surface area contributed by atoms with E-state index < -0.39 is 0 Å². The Bertz CT molecular complexity index is 724. The van der Waals surface area contributed by atoms with Crippen LogP contribution >= 0.6 is 0 Å². The van der Waals surface area contributed by atoms with Crippen molar-refractivity contribution in [2.24, 2.45) is 5.92 Å². The van der Waals surface area contributed by atoms with E-state index in [2.05, 4.69) is 10.6 Å². The Kier molecular flexibility index (Phi) is 6.57. The van der Waals surface area contributed by atoms with Crippen LogP contribution in [-0.2, 0) is 11.2 Å². The molecule has 0 unspecified atom stereocenters. The molecule has 2 aromatic carbocycles. The number of amides is 2. The number of hydrogen-bond acceptors (Lipinski definition) is 3. The van der Waals surface area contributed by atoms with Gasteiger partial charge >= 0.3 is 0 Å². The molecule has 0 fully saturated rings. The van der Waals surface area contributed by atoms with Crippen molar-refractivity contribution in [3.05, 3.63) is 59.7 Å². The zero-order valence-corrected chi connectivity index (χ0v) is 14.8. The molecule has 0 aliphatic rings. The number of ether oxygens (including phenoxy) is 1. The Hall–Kier alpha value is -2.82. The summed E-state index contributed by atoms with van der Waals surface area (Å²) in [6, 6.07) is 14.3. The number of benzene rings is 2. The Morgan fingerprint density at radius 3 is 2.44 bits per heavy atom. The largest absolute Gasteiger partial charge is 0.497 e. The minimum Gasteiger partial charge on any atom is -0.497 e. The number of hydrogen-bond donors (Lipinski definition) is 2. The lowest BCUT2D eigenvalue weighted by atomic mass is 10.1. The van der Waals surface area contributed by atoms with Gasteiger partial charge in [-0.25, -0.2) is 0 Å². The predicted molar refractivity (Wildman–Crippen MR) is 98.9 cm³/mol. The third-order valence-electron chi connectivity index (χ3n) is 3.60. The van der Waals surface area contributed by atoms with Gasteiger partial charge in [0.2, 0.25) is 5.91 Å². The van der Waals surface area contributed by atoms with Crippen molar-refractivity contribution in [1.29, 1.82) is 0 Å². The molecule has 0 spiro atoms. The van der Waals surface area contributed by atoms with Gasteiger partial charge in [-0.2, -0.15) is 0 Å². The van der Waals surface area contributed by atoms with Crippen LogP contribution in [0.3, 0.4) is 0 Å². The smallest absolute Gasteiger partial charge is 0.251 e. The normalized spacial score (nSPS) is 10.4. The lowest BCUT2D eigenvalue weighted by molar-refractivity contribution is -0.115. The zero-order chi connectivity index (χ0) is 18.2. The molecule has 0 radical (unpaired) electrons. The van der Waals surface area contributed by atoms with Crippen LogP contribution in [0.1, 0.15) is 29.8 Å². The first-order chi connectivity index (χ1) is 12.0. The lowest BCUT2D eigenvalue weighted by Gasteiger charge is -2.10. The first kappa shape index (κ1) is 18.5. The summed E-state index contributed by atoms with van der Waals surface area (Å²) in [5.41, 5.74) is 2.03. The highest BCUT2D eigenvalue weighted by molar-refractivity contribution is 5.97. The molecule has 0 saturated carbocycles. The molecule has 2 aromatic rings. The monoisotopic (exact) mass is 340 g/mol. The van der Waals surface area contributed by atoms with Crippen LogP contribution in [0.5, 0.6) is 5.75 Å². The fourth-order valence-electron chi connectivity index (χ4n) is 2.27. The molecule has 0 atom stereocenters. The summed E-state index contributed by atoms with van der Waals surface area (Å²) < 4.78 is 5.10. The van der Waals surface area contributed by atoms with Crippen LogP contribution in [-0.4, -0.2) is 25.5 Å². The number of nitrogens with one attached hydrogen (secondary N) is 2. The summed E-state index contributed by atoms with van der Waals surface area (Å²) in [6.07, 6.45) is 0.258. The van der Waals surface area contributed by atoms with Gasteiger partial charge in [0.05, 0.1) is 13.5 Å². The molecule has 0 aromatic heterocycles. The van der Waals surface area contributed by atoms with Crippen molar-refractivity contribution in [3.8, 4) is 5.75 Å². The maximum atomic E-state index is 12.2. The first-order valence-corrected chi connectivity index (χ1v) is 8.29. The van der Waals surface area contributed by atoms with Gasteiger partial charge in [0, 0.05) is 17.8 Å². The van der Waals surface area contributed by atoms with Gasteiger partial charge in [-0.15, -0.1) is 0 Å². The van der Waals surface area contributed by atoms with Gasteiger partial charge in [0.15, 0.2) is 0 Å². The number of carbonyl (C=O) groups is 2. The van der Waals surface area contributed by atoms with Crippen molar-refractivity contribution in [2.45, 2.75) is 20.3 Å². The summed E-state index contributed by atoms with van der Waals surface area (Å²) >= 11 is 0. The maximum absolute atomic E-state index is 12.2. The fourth-order valence-corrected chi connectivity index (χ4v) is 2.27. The van der Waals surface area contributed by atoms with Crippen molar-refractivity contribution < 1.29 is 14.3 Å². The van der Waals surface area contributed by atoms with Crippen molar-refractivity contribution in [1.82, 2.24) is 5.32 Å². The van der Waals surface area contributed by atoms with E-state index in [-0.39, 0.29) is 18.2 Å². The van der Waals surface area contributed by atoms with Gasteiger partial charge in [0.25, 0.3) is 5.91 Å². The molecule has 0 aliphatic carbocycles. The third kappa shape index (κ3) is 5.95. The minimum atomic E-state index is -0.139. The van der Waals surface area contributed by atoms with Crippen LogP contribution in [0.15, 0.2) is 48.5 Å². The van der Waals surface area contributed by atoms with E-state index >= 15 is 0 Å². The second-order valence-corrected chi connectivity index (χ2v) is 6.26. The number of anilines is 1. The minimum absolute atomic E-state index is 0.134. The van der Waals surface area contributed by atoms with Crippen LogP contribution in [0.2, 0.25) is 0 Å². The molecule has 132 valence electrons. The van der Waals surface area contributed by atoms with Crippen LogP contribution < -0.4 is 15.4 Å². The van der Waals surface area contributed by atoms with E-state index in [1.807, 2.05) is 38.1 Å². The molecule has 2 amide bonds. The molecule has 2 rings (SSSR count). The van der Waals surface area contributed by atoms with E-state index in [0.29, 0.717) is 23.7 Å². The van der Waals surface area contributed by atoms with Gasteiger partial charge in [-0.05, 0) is 41.8 Å². The van der Waals surface area contributed by atoms with E-state index in [9.17, 15) is 9.59 Å². The second kappa shape index (κ2) is 8.87. The second-order valence-electron chi connectivity index (χ2n) is 6.26. The SMILES string of the molecule is COc1ccc(CC(=O)Nc2cccc(C(=O)NCC(C)C)c2)cc1. The van der Waals surface area contributed by atoms with Crippen molar-refractivity contribution in [2.75, 3.05) is 19.0 Å². The fraction of sp³-hybridized carbons (Fsp3) is 0.300. The van der Waals surface area contributed by atoms with Crippen molar-refractivity contribution in [3.63, 3.8) is 0 Å². The van der Waals surface area contributed by atoms with E-state index in [4.69, 9.17) is 4.74 Å². The van der Waals surface area contributed by atoms with E-state index in [0.717, 1.165) is 11.3 Å². The molecular formula is C20H24N2O3. The molecule has 5 nitrogen and oxygen atoms in total. The van der Waals surface area contributed by atoms with Gasteiger partial charge in [0.1, 0.15) is 5.75 Å². The Labute approximate surface area is 148 Å². The number of carbonyl (C=O) groups excluding carboxylic acids is 2. The Morgan fingerprint density at radius 2 is 1.80 bits per heavy atom. The molecule has 0 heterocycles. The van der Waals surface area contributed by atoms with E-state index in [1.165, 1.54) is 0 Å². The number of rotatable bonds is 7. The first-order valence-electron chi connectivity index (χ1n) is 8.29. The third-order valence-corrected chi connectivity index (χ3v) is 3.60. The van der Waals surface area contributed by atoms with Crippen LogP contribution in [0, 0.1) is 5.92 Å². The van der Waals surface area contributed by atoms with Crippen LogP contribution in [0.25, 0.3) is 0 Å². The standard InChI is InChI=1S/C20H24N2O3/c1-14(2)13-21-20(24)16-5-4-6-17(12-16)22-19(23)11-15-7-9-18(25-3)10-8-15/h4-10,12,14H,11,13H2,1-3H3,(H,21,24)(H,22,23). The molecule has 0 bridgehead atoms. The topological polar surface area (TPSA) is 67.4 Å². The number of methoxy groups -OCH3 is 1. The van der Waals surface area contributed by atoms with E-state index in [1.54, 1.807) is 31.4 Å². The van der Waals surface area contributed by atoms with Gasteiger partial charge < -0.3 is 15.4 Å². The molecule has 0 saturated heterocycles. The molecule has 5 heteroatoms. The van der Waals surface area contributed by atoms with Gasteiger partial charge in [-0.3, -0.25) is 9.59 Å². The molecular weight excluding hydrogens is 316 g/mol. The van der Waals surface area contributed by atoms with Crippen molar-refractivity contribution >= 4 is 17.5 Å². The summed E-state index contributed by atoms with van der Waals surface area (Å²) in [5, 5.41) is 5.70. The zero-order valence-electron chi connectivity index (χ0n) is 14.8. The predicted octanol–water partition coefficient (Wildman–Crippen LogP) is 3.26. The average molecular weight is 340 g/mol. The van der Waals surface area contributed by atoms with Gasteiger partial charge in [-0.1, -0.05) is 32.0 Å². The highest BCUT2D eigenvalue weighted by Gasteiger charge is 2.09. The quantitative estimate of drug-likeness (QED) is 0.813. The van der Waals surface area contributed by atoms with Crippen LogP contribution in [0.4, 0.5) is 5.69 Å². The molecule has 25 heavy (non-hydrogen) atoms. The average Bonchev–Trinajstić information content (AvgIpc) is 2.60. The Balaban J connectivity index is 1.96. The Morgan fingerprint density at radius 1 is 1.08 bits per heavy atom. The summed E-state index contributed by atoms with van der Waals surface area (Å²) in [4.78, 5) is 24.3. The summed E-state index contributed by atoms with van der Waals surface area (Å²) in [6.45, 7) is 4.69. The maximum Gasteiger partial charge on any atom is 0.251 e. The summed E-state index contributed by atoms with van der Waals surface area (Å²) in [7, 11) is 1.60.